The number of halogens is 1. The van der Waals surface area contributed by atoms with E-state index in [0.29, 0.717) is 23.0 Å². The van der Waals surface area contributed by atoms with Gasteiger partial charge < -0.3 is 4.42 Å². The van der Waals surface area contributed by atoms with Gasteiger partial charge in [0.15, 0.2) is 11.0 Å². The molecule has 34 heavy (non-hydrogen) atoms. The molecule has 0 radical (unpaired) electrons. The second-order valence-electron chi connectivity index (χ2n) is 8.81. The Balaban J connectivity index is 1.49. The van der Waals surface area contributed by atoms with E-state index >= 15 is 0 Å². The lowest BCUT2D eigenvalue weighted by molar-refractivity contribution is 0.214. The highest BCUT2D eigenvalue weighted by molar-refractivity contribution is 7.98. The highest BCUT2D eigenvalue weighted by Crippen LogP contribution is 2.30. The van der Waals surface area contributed by atoms with E-state index in [-0.39, 0.29) is 11.4 Å². The SMILES string of the molecule is Cc1ccc2c(CSc3nnc(CN4CCCCC4)n3-c3ccc(F)cc3)cc(=O)oc2c1C. The first kappa shape index (κ1) is 22.8. The number of aromatic nitrogens is 3. The lowest BCUT2D eigenvalue weighted by Crippen LogP contribution is -2.30. The molecule has 5 rings (SSSR count). The van der Waals surface area contributed by atoms with Gasteiger partial charge in [0.2, 0.25) is 0 Å². The Morgan fingerprint density at radius 3 is 2.56 bits per heavy atom. The first-order chi connectivity index (χ1) is 16.5. The Morgan fingerprint density at radius 1 is 1.03 bits per heavy atom. The first-order valence-corrected chi connectivity index (χ1v) is 12.6. The first-order valence-electron chi connectivity index (χ1n) is 11.6. The predicted molar refractivity (Wildman–Crippen MR) is 132 cm³/mol. The Kier molecular flexibility index (Phi) is 6.52. The third-order valence-corrected chi connectivity index (χ3v) is 7.45. The fraction of sp³-hybridized carbons (Fsp3) is 0.346. The van der Waals surface area contributed by atoms with E-state index in [1.165, 1.54) is 43.2 Å². The van der Waals surface area contributed by atoms with Crippen LogP contribution in [0.25, 0.3) is 16.7 Å². The maximum absolute atomic E-state index is 13.6. The molecule has 1 aliphatic rings. The summed E-state index contributed by atoms with van der Waals surface area (Å²) < 4.78 is 21.1. The van der Waals surface area contributed by atoms with Crippen molar-refractivity contribution in [3.63, 3.8) is 0 Å². The molecule has 0 aliphatic carbocycles. The van der Waals surface area contributed by atoms with Crippen LogP contribution in [0.5, 0.6) is 0 Å². The van der Waals surface area contributed by atoms with Crippen LogP contribution in [-0.2, 0) is 12.3 Å². The molecule has 2 aromatic heterocycles. The Morgan fingerprint density at radius 2 is 1.79 bits per heavy atom. The monoisotopic (exact) mass is 478 g/mol. The van der Waals surface area contributed by atoms with Gasteiger partial charge in [0.25, 0.3) is 0 Å². The second kappa shape index (κ2) is 9.72. The summed E-state index contributed by atoms with van der Waals surface area (Å²) in [7, 11) is 0. The van der Waals surface area contributed by atoms with Crippen LogP contribution in [0.1, 0.15) is 41.8 Å². The largest absolute Gasteiger partial charge is 0.422 e. The smallest absolute Gasteiger partial charge is 0.336 e. The van der Waals surface area contributed by atoms with Crippen LogP contribution >= 0.6 is 11.8 Å². The Labute approximate surface area is 201 Å². The standard InChI is InChI=1S/C26H27FN4O2S/c1-17-6-11-22-19(14-24(32)33-25(22)18(17)2)16-34-26-29-28-23(15-30-12-4-3-5-13-30)31(26)21-9-7-20(27)8-10-21/h6-11,14H,3-5,12-13,15-16H2,1-2H3. The third kappa shape index (κ3) is 4.65. The Hall–Kier alpha value is -2.97. The molecular formula is C26H27FN4O2S. The number of hydrogen-bond donors (Lipinski definition) is 0. The van der Waals surface area contributed by atoms with Gasteiger partial charge >= 0.3 is 5.63 Å². The molecule has 0 amide bonds. The molecule has 0 bridgehead atoms. The van der Waals surface area contributed by atoms with Crippen molar-refractivity contribution in [1.82, 2.24) is 19.7 Å². The van der Waals surface area contributed by atoms with E-state index in [1.54, 1.807) is 18.2 Å². The molecule has 1 aliphatic heterocycles. The van der Waals surface area contributed by atoms with Gasteiger partial charge in [-0.2, -0.15) is 0 Å². The lowest BCUT2D eigenvalue weighted by Gasteiger charge is -2.26. The predicted octanol–water partition coefficient (Wildman–Crippen LogP) is 5.41. The van der Waals surface area contributed by atoms with Crippen LogP contribution in [0, 0.1) is 19.7 Å². The van der Waals surface area contributed by atoms with Crippen molar-refractivity contribution in [1.29, 1.82) is 0 Å². The lowest BCUT2D eigenvalue weighted by atomic mass is 10.0. The summed E-state index contributed by atoms with van der Waals surface area (Å²) in [6, 6.07) is 12.0. The topological polar surface area (TPSA) is 64.2 Å². The van der Waals surface area contributed by atoms with Crippen LogP contribution in [0.4, 0.5) is 4.39 Å². The highest BCUT2D eigenvalue weighted by atomic mass is 32.2. The van der Waals surface area contributed by atoms with Crippen molar-refractivity contribution >= 4 is 22.7 Å². The van der Waals surface area contributed by atoms with Crippen LogP contribution in [-0.4, -0.2) is 32.8 Å². The summed E-state index contributed by atoms with van der Waals surface area (Å²) in [4.78, 5) is 14.7. The molecular weight excluding hydrogens is 451 g/mol. The molecule has 4 aromatic rings. The van der Waals surface area contributed by atoms with Crippen LogP contribution in [0.2, 0.25) is 0 Å². The summed E-state index contributed by atoms with van der Waals surface area (Å²) in [6.07, 6.45) is 3.64. The van der Waals surface area contributed by atoms with Gasteiger partial charge in [-0.15, -0.1) is 10.2 Å². The molecule has 0 spiro atoms. The summed E-state index contributed by atoms with van der Waals surface area (Å²) in [5, 5.41) is 10.6. The molecule has 1 fully saturated rings. The molecule has 0 N–H and O–H groups in total. The van der Waals surface area contributed by atoms with Gasteiger partial charge in [0.1, 0.15) is 11.4 Å². The number of aryl methyl sites for hydroxylation is 2. The van der Waals surface area contributed by atoms with E-state index in [2.05, 4.69) is 15.1 Å². The number of likely N-dealkylation sites (tertiary alicyclic amines) is 1. The van der Waals surface area contributed by atoms with E-state index in [1.807, 2.05) is 30.5 Å². The van der Waals surface area contributed by atoms with Gasteiger partial charge in [-0.1, -0.05) is 30.3 Å². The van der Waals surface area contributed by atoms with Crippen molar-refractivity contribution in [2.24, 2.45) is 0 Å². The van der Waals surface area contributed by atoms with Gasteiger partial charge in [0, 0.05) is 22.9 Å². The zero-order chi connectivity index (χ0) is 23.7. The minimum atomic E-state index is -0.359. The number of piperidine rings is 1. The summed E-state index contributed by atoms with van der Waals surface area (Å²) in [5.41, 5.74) is 4.05. The van der Waals surface area contributed by atoms with Crippen molar-refractivity contribution < 1.29 is 8.81 Å². The fourth-order valence-corrected chi connectivity index (χ4v) is 5.41. The van der Waals surface area contributed by atoms with E-state index in [4.69, 9.17) is 4.42 Å². The minimum Gasteiger partial charge on any atom is -0.422 e. The van der Waals surface area contributed by atoms with Gasteiger partial charge in [-0.05, 0) is 80.7 Å². The number of thioether (sulfide) groups is 1. The second-order valence-corrected chi connectivity index (χ2v) is 9.75. The molecule has 6 nitrogen and oxygen atoms in total. The summed E-state index contributed by atoms with van der Waals surface area (Å²) >= 11 is 1.51. The Bertz CT molecular complexity index is 1370. The van der Waals surface area contributed by atoms with Crippen molar-refractivity contribution in [3.8, 4) is 5.69 Å². The number of fused-ring (bicyclic) bond motifs is 1. The molecule has 0 unspecified atom stereocenters. The van der Waals surface area contributed by atoms with Crippen LogP contribution < -0.4 is 5.63 Å². The van der Waals surface area contributed by atoms with Crippen molar-refractivity contribution in [3.05, 3.63) is 81.2 Å². The molecule has 2 aromatic carbocycles. The zero-order valence-corrected chi connectivity index (χ0v) is 20.2. The van der Waals surface area contributed by atoms with Gasteiger partial charge in [-0.3, -0.25) is 9.47 Å². The highest BCUT2D eigenvalue weighted by Gasteiger charge is 2.20. The maximum atomic E-state index is 13.6. The molecule has 176 valence electrons. The molecule has 0 atom stereocenters. The van der Waals surface area contributed by atoms with E-state index < -0.39 is 0 Å². The molecule has 8 heteroatoms. The maximum Gasteiger partial charge on any atom is 0.336 e. The normalized spacial score (nSPS) is 14.7. The molecule has 3 heterocycles. The third-order valence-electron chi connectivity index (χ3n) is 6.47. The minimum absolute atomic E-state index is 0.281. The van der Waals surface area contributed by atoms with Crippen molar-refractivity contribution in [2.45, 2.75) is 50.6 Å². The zero-order valence-electron chi connectivity index (χ0n) is 19.4. The average Bonchev–Trinajstić information content (AvgIpc) is 3.23. The summed E-state index contributed by atoms with van der Waals surface area (Å²) in [5.74, 6) is 1.09. The van der Waals surface area contributed by atoms with Gasteiger partial charge in [-0.25, -0.2) is 9.18 Å². The van der Waals surface area contributed by atoms with Crippen molar-refractivity contribution in [2.75, 3.05) is 13.1 Å². The van der Waals surface area contributed by atoms with E-state index in [9.17, 15) is 9.18 Å². The van der Waals surface area contributed by atoms with Crippen LogP contribution in [0.15, 0.2) is 56.8 Å². The fourth-order valence-electron chi connectivity index (χ4n) is 4.45. The molecule has 1 saturated heterocycles. The number of rotatable bonds is 6. The number of nitrogens with zero attached hydrogens (tertiary/aromatic N) is 4. The quantitative estimate of drug-likeness (QED) is 0.273. The number of benzene rings is 2. The van der Waals surface area contributed by atoms with Gasteiger partial charge in [0.05, 0.1) is 6.54 Å². The summed E-state index contributed by atoms with van der Waals surface area (Å²) in [6.45, 7) is 6.76. The molecule has 0 saturated carbocycles. The average molecular weight is 479 g/mol. The number of hydrogen-bond acceptors (Lipinski definition) is 6. The van der Waals surface area contributed by atoms with E-state index in [0.717, 1.165) is 46.7 Å². The van der Waals surface area contributed by atoms with Crippen LogP contribution in [0.3, 0.4) is 0 Å².